The Balaban J connectivity index is 2.39. The van der Waals surface area contributed by atoms with Gasteiger partial charge in [0, 0.05) is 17.3 Å². The van der Waals surface area contributed by atoms with Crippen molar-refractivity contribution in [3.63, 3.8) is 0 Å². The van der Waals surface area contributed by atoms with Crippen LogP contribution in [0.5, 0.6) is 0 Å². The maximum Gasteiger partial charge on any atom is 0.119 e. The van der Waals surface area contributed by atoms with Gasteiger partial charge in [0.2, 0.25) is 0 Å². The first-order valence-electron chi connectivity index (χ1n) is 5.25. The molecule has 1 atom stereocenters. The third-order valence-electron chi connectivity index (χ3n) is 2.37. The number of rotatable bonds is 6. The van der Waals surface area contributed by atoms with Crippen LogP contribution in [-0.2, 0) is 11.2 Å². The first-order chi connectivity index (χ1) is 7.13. The topological polar surface area (TPSA) is 67.8 Å². The van der Waals surface area contributed by atoms with Gasteiger partial charge in [0.15, 0.2) is 0 Å². The largest absolute Gasteiger partial charge is 0.550 e. The van der Waals surface area contributed by atoms with Gasteiger partial charge >= 0.3 is 0 Å². The van der Waals surface area contributed by atoms with Crippen LogP contribution in [0.4, 0.5) is 0 Å². The first kappa shape index (κ1) is 12.2. The van der Waals surface area contributed by atoms with Gasteiger partial charge in [-0.15, -0.1) is 11.3 Å². The molecule has 0 bridgehead atoms. The Morgan fingerprint density at radius 1 is 1.60 bits per heavy atom. The highest BCUT2D eigenvalue weighted by Gasteiger charge is 2.11. The van der Waals surface area contributed by atoms with Gasteiger partial charge in [-0.1, -0.05) is 6.92 Å². The van der Waals surface area contributed by atoms with E-state index in [1.165, 1.54) is 9.75 Å². The van der Waals surface area contributed by atoms with E-state index in [0.29, 0.717) is 6.42 Å². The SMILES string of the molecule is CCc1ccc([C@H]([NH3+])CCCC(=O)[O-])s1. The van der Waals surface area contributed by atoms with Crippen molar-refractivity contribution in [2.45, 2.75) is 38.6 Å². The molecule has 3 nitrogen and oxygen atoms in total. The highest BCUT2D eigenvalue weighted by Crippen LogP contribution is 2.24. The zero-order valence-corrected chi connectivity index (χ0v) is 9.81. The molecule has 4 heteroatoms. The average Bonchev–Trinajstić information content (AvgIpc) is 2.65. The number of aliphatic carboxylic acids is 1. The van der Waals surface area contributed by atoms with E-state index < -0.39 is 5.97 Å². The van der Waals surface area contributed by atoms with Crippen molar-refractivity contribution in [3.8, 4) is 0 Å². The van der Waals surface area contributed by atoms with Crippen molar-refractivity contribution < 1.29 is 15.6 Å². The van der Waals surface area contributed by atoms with Crippen molar-refractivity contribution in [2.75, 3.05) is 0 Å². The summed E-state index contributed by atoms with van der Waals surface area (Å²) in [6.07, 6.45) is 2.65. The molecule has 3 N–H and O–H groups in total. The predicted octanol–water partition coefficient (Wildman–Crippen LogP) is 0.514. The number of hydrogen-bond donors (Lipinski definition) is 1. The zero-order valence-electron chi connectivity index (χ0n) is 8.99. The van der Waals surface area contributed by atoms with Crippen molar-refractivity contribution in [2.24, 2.45) is 0 Å². The van der Waals surface area contributed by atoms with Crippen molar-refractivity contribution in [3.05, 3.63) is 21.9 Å². The fourth-order valence-corrected chi connectivity index (χ4v) is 2.44. The van der Waals surface area contributed by atoms with Crippen LogP contribution in [0, 0.1) is 0 Å². The summed E-state index contributed by atoms with van der Waals surface area (Å²) in [6.45, 7) is 2.13. The van der Waals surface area contributed by atoms with Crippen LogP contribution in [0.1, 0.15) is 42.0 Å². The van der Waals surface area contributed by atoms with E-state index in [-0.39, 0.29) is 12.5 Å². The smallest absolute Gasteiger partial charge is 0.119 e. The first-order valence-corrected chi connectivity index (χ1v) is 6.06. The molecule has 84 valence electrons. The maximum atomic E-state index is 10.2. The Labute approximate surface area is 93.9 Å². The van der Waals surface area contributed by atoms with E-state index in [1.54, 1.807) is 11.3 Å². The van der Waals surface area contributed by atoms with E-state index >= 15 is 0 Å². The van der Waals surface area contributed by atoms with Crippen LogP contribution in [0.25, 0.3) is 0 Å². The molecular formula is C11H17NO2S. The number of thiophene rings is 1. The molecule has 0 amide bonds. The van der Waals surface area contributed by atoms with Crippen LogP contribution < -0.4 is 10.8 Å². The summed E-state index contributed by atoms with van der Waals surface area (Å²) in [5.74, 6) is -0.970. The summed E-state index contributed by atoms with van der Waals surface area (Å²) in [4.78, 5) is 12.9. The van der Waals surface area contributed by atoms with Gasteiger partial charge in [0.25, 0.3) is 0 Å². The molecule has 15 heavy (non-hydrogen) atoms. The number of hydrogen-bond acceptors (Lipinski definition) is 3. The lowest BCUT2D eigenvalue weighted by atomic mass is 10.1. The molecule has 1 aromatic rings. The van der Waals surface area contributed by atoms with Crippen LogP contribution in [0.15, 0.2) is 12.1 Å². The van der Waals surface area contributed by atoms with E-state index in [0.717, 1.165) is 12.8 Å². The monoisotopic (exact) mass is 227 g/mol. The molecule has 0 saturated carbocycles. The third-order valence-corrected chi connectivity index (χ3v) is 3.76. The quantitative estimate of drug-likeness (QED) is 0.769. The molecular weight excluding hydrogens is 210 g/mol. The normalized spacial score (nSPS) is 12.7. The zero-order chi connectivity index (χ0) is 11.3. The molecule has 0 aliphatic carbocycles. The highest BCUT2D eigenvalue weighted by atomic mass is 32.1. The minimum Gasteiger partial charge on any atom is -0.550 e. The Morgan fingerprint density at radius 2 is 2.33 bits per heavy atom. The molecule has 0 saturated heterocycles. The number of carboxylic acids is 1. The van der Waals surface area contributed by atoms with Crippen LogP contribution in [0.3, 0.4) is 0 Å². The third kappa shape index (κ3) is 4.01. The second-order valence-corrected chi connectivity index (χ2v) is 4.82. The second kappa shape index (κ2) is 5.88. The number of aryl methyl sites for hydroxylation is 1. The second-order valence-electron chi connectivity index (χ2n) is 3.62. The van der Waals surface area contributed by atoms with E-state index in [4.69, 9.17) is 0 Å². The Hall–Kier alpha value is -0.870. The minimum absolute atomic E-state index is 0.137. The lowest BCUT2D eigenvalue weighted by Crippen LogP contribution is -2.53. The van der Waals surface area contributed by atoms with Crippen molar-refractivity contribution in [1.82, 2.24) is 0 Å². The molecule has 1 heterocycles. The van der Waals surface area contributed by atoms with Gasteiger partial charge in [0.1, 0.15) is 6.04 Å². The van der Waals surface area contributed by atoms with Crippen molar-refractivity contribution >= 4 is 17.3 Å². The van der Waals surface area contributed by atoms with Gasteiger partial charge in [-0.2, -0.15) is 0 Å². The molecule has 0 radical (unpaired) electrons. The molecule has 0 unspecified atom stereocenters. The molecule has 0 spiro atoms. The van der Waals surface area contributed by atoms with Crippen LogP contribution >= 0.6 is 11.3 Å². The Bertz CT molecular complexity index is 322. The molecule has 1 rings (SSSR count). The van der Waals surface area contributed by atoms with Gasteiger partial charge in [-0.3, -0.25) is 0 Å². The van der Waals surface area contributed by atoms with Gasteiger partial charge in [0.05, 0.1) is 4.88 Å². The molecule has 0 aliphatic rings. The maximum absolute atomic E-state index is 10.2. The predicted molar refractivity (Wildman–Crippen MR) is 58.2 cm³/mol. The number of carbonyl (C=O) groups excluding carboxylic acids is 1. The molecule has 0 fully saturated rings. The number of carboxylic acid groups (broad SMARTS) is 1. The van der Waals surface area contributed by atoms with Gasteiger partial charge in [-0.05, 0) is 31.4 Å². The molecule has 0 aromatic carbocycles. The summed E-state index contributed by atoms with van der Waals surface area (Å²) in [5, 5.41) is 10.2. The van der Waals surface area contributed by atoms with E-state index in [2.05, 4.69) is 24.8 Å². The van der Waals surface area contributed by atoms with Crippen molar-refractivity contribution in [1.29, 1.82) is 0 Å². The summed E-state index contributed by atoms with van der Waals surface area (Å²) >= 11 is 1.77. The Morgan fingerprint density at radius 3 is 2.87 bits per heavy atom. The van der Waals surface area contributed by atoms with Gasteiger partial charge in [-0.25, -0.2) is 0 Å². The number of carbonyl (C=O) groups is 1. The fourth-order valence-electron chi connectivity index (χ4n) is 1.44. The highest BCUT2D eigenvalue weighted by molar-refractivity contribution is 7.12. The Kier molecular flexibility index (Phi) is 4.78. The van der Waals surface area contributed by atoms with Gasteiger partial charge < -0.3 is 15.6 Å². The summed E-state index contributed by atoms with van der Waals surface area (Å²) in [6, 6.07) is 4.44. The fraction of sp³-hybridized carbons (Fsp3) is 0.545. The standard InChI is InChI=1S/C11H17NO2S/c1-2-8-6-7-10(15-8)9(12)4-3-5-11(13)14/h6-7,9H,2-5,12H2,1H3,(H,13,14)/t9-/m1/s1. The molecule has 0 aliphatic heterocycles. The number of quaternary nitrogens is 1. The molecule has 1 aromatic heterocycles. The van der Waals surface area contributed by atoms with E-state index in [9.17, 15) is 9.90 Å². The lowest BCUT2D eigenvalue weighted by Gasteiger charge is -2.06. The van der Waals surface area contributed by atoms with Crippen LogP contribution in [0.2, 0.25) is 0 Å². The summed E-state index contributed by atoms with van der Waals surface area (Å²) in [7, 11) is 0. The average molecular weight is 227 g/mol. The van der Waals surface area contributed by atoms with E-state index in [1.807, 2.05) is 0 Å². The van der Waals surface area contributed by atoms with Crippen LogP contribution in [-0.4, -0.2) is 5.97 Å². The summed E-state index contributed by atoms with van der Waals surface area (Å²) < 4.78 is 0. The lowest BCUT2D eigenvalue weighted by molar-refractivity contribution is -0.427. The summed E-state index contributed by atoms with van der Waals surface area (Å²) in [5.41, 5.74) is 4.05. The minimum atomic E-state index is -0.970.